The molecule has 0 unspecified atom stereocenters. The van der Waals surface area contributed by atoms with Gasteiger partial charge in [0.15, 0.2) is 0 Å². The van der Waals surface area contributed by atoms with E-state index < -0.39 is 10.0 Å². The van der Waals surface area contributed by atoms with E-state index in [0.29, 0.717) is 13.0 Å². The zero-order chi connectivity index (χ0) is 19.5. The second kappa shape index (κ2) is 10.9. The van der Waals surface area contributed by atoms with Gasteiger partial charge in [0.25, 0.3) is 0 Å². The van der Waals surface area contributed by atoms with E-state index in [2.05, 4.69) is 71.3 Å². The second-order valence-corrected chi connectivity index (χ2v) is 8.34. The summed E-state index contributed by atoms with van der Waals surface area (Å²) in [6, 6.07) is 15.0. The molecule has 0 radical (unpaired) electrons. The number of rotatable bonds is 9. The molecular formula is C22H28N2O2S. The number of hydrogen-bond acceptors (Lipinski definition) is 3. The molecule has 0 saturated heterocycles. The van der Waals surface area contributed by atoms with Crippen LogP contribution < -0.4 is 10.0 Å². The first-order valence-corrected chi connectivity index (χ1v) is 11.0. The fourth-order valence-corrected chi connectivity index (χ4v) is 3.87. The first-order valence-electron chi connectivity index (χ1n) is 9.35. The Kier molecular flexibility index (Phi) is 8.53. The predicted molar refractivity (Wildman–Crippen MR) is 114 cm³/mol. The lowest BCUT2D eigenvalue weighted by atomic mass is 10.00. The van der Waals surface area contributed by atoms with Gasteiger partial charge in [0.05, 0.1) is 12.3 Å². The molecule has 0 aromatic heterocycles. The Bertz CT molecular complexity index is 919. The van der Waals surface area contributed by atoms with Crippen LogP contribution in [-0.4, -0.2) is 27.3 Å². The third-order valence-electron chi connectivity index (χ3n) is 4.28. The number of fused-ring (bicyclic) bond motifs is 1. The van der Waals surface area contributed by atoms with Crippen LogP contribution in [-0.2, 0) is 10.0 Å². The monoisotopic (exact) mass is 384 g/mol. The minimum absolute atomic E-state index is 0.149. The minimum atomic E-state index is -3.19. The highest BCUT2D eigenvalue weighted by atomic mass is 32.2. The summed E-state index contributed by atoms with van der Waals surface area (Å²) < 4.78 is 25.7. The number of sulfonamides is 1. The van der Waals surface area contributed by atoms with E-state index in [1.807, 2.05) is 13.0 Å². The summed E-state index contributed by atoms with van der Waals surface area (Å²) in [5.41, 5.74) is 1.27. The van der Waals surface area contributed by atoms with Crippen LogP contribution in [0, 0.1) is 11.8 Å². The fourth-order valence-electron chi connectivity index (χ4n) is 2.76. The van der Waals surface area contributed by atoms with E-state index in [1.54, 1.807) is 6.08 Å². The lowest BCUT2D eigenvalue weighted by Crippen LogP contribution is -2.26. The van der Waals surface area contributed by atoms with Gasteiger partial charge in [-0.15, -0.1) is 0 Å². The third kappa shape index (κ3) is 7.18. The molecule has 5 heteroatoms. The van der Waals surface area contributed by atoms with Gasteiger partial charge in [-0.2, -0.15) is 0 Å². The Labute approximate surface area is 163 Å². The molecule has 144 valence electrons. The van der Waals surface area contributed by atoms with Gasteiger partial charge in [-0.3, -0.25) is 0 Å². The molecule has 0 fully saturated rings. The van der Waals surface area contributed by atoms with Crippen molar-refractivity contribution in [2.24, 2.45) is 0 Å². The Morgan fingerprint density at radius 2 is 1.93 bits per heavy atom. The molecule has 0 saturated carbocycles. The van der Waals surface area contributed by atoms with Gasteiger partial charge in [0, 0.05) is 12.6 Å². The lowest BCUT2D eigenvalue weighted by Gasteiger charge is -2.15. The maximum absolute atomic E-state index is 11.6. The van der Waals surface area contributed by atoms with Crippen LogP contribution >= 0.6 is 0 Å². The molecule has 2 aromatic carbocycles. The molecule has 0 heterocycles. The molecule has 2 rings (SSSR count). The quantitative estimate of drug-likeness (QED) is 0.647. The molecule has 0 aliphatic carbocycles. The summed E-state index contributed by atoms with van der Waals surface area (Å²) in [5, 5.41) is 5.97. The minimum Gasteiger partial charge on any atom is -0.307 e. The first-order chi connectivity index (χ1) is 13.0. The van der Waals surface area contributed by atoms with Crippen LogP contribution in [0.25, 0.3) is 10.8 Å². The highest BCUT2D eigenvalue weighted by Gasteiger charge is 2.07. The van der Waals surface area contributed by atoms with Crippen molar-refractivity contribution in [3.63, 3.8) is 0 Å². The first kappa shape index (κ1) is 21.2. The van der Waals surface area contributed by atoms with Crippen molar-refractivity contribution in [1.29, 1.82) is 0 Å². The van der Waals surface area contributed by atoms with E-state index in [9.17, 15) is 8.42 Å². The second-order valence-electron chi connectivity index (χ2n) is 6.42. The summed E-state index contributed by atoms with van der Waals surface area (Å²) in [7, 11) is -3.19. The smallest absolute Gasteiger partial charge is 0.212 e. The van der Waals surface area contributed by atoms with Gasteiger partial charge in [0.1, 0.15) is 0 Å². The van der Waals surface area contributed by atoms with Crippen LogP contribution in [0.2, 0.25) is 0 Å². The third-order valence-corrected chi connectivity index (χ3v) is 5.69. The van der Waals surface area contributed by atoms with Crippen molar-refractivity contribution in [3.8, 4) is 11.8 Å². The Balaban J connectivity index is 1.78. The highest BCUT2D eigenvalue weighted by Crippen LogP contribution is 2.23. The van der Waals surface area contributed by atoms with E-state index in [1.165, 1.54) is 16.3 Å². The van der Waals surface area contributed by atoms with Gasteiger partial charge >= 0.3 is 0 Å². The molecule has 0 aliphatic rings. The Morgan fingerprint density at radius 3 is 2.74 bits per heavy atom. The molecule has 1 atom stereocenters. The topological polar surface area (TPSA) is 58.2 Å². The van der Waals surface area contributed by atoms with Crippen LogP contribution in [0.15, 0.2) is 54.6 Å². The van der Waals surface area contributed by atoms with Crippen LogP contribution in [0.1, 0.15) is 38.3 Å². The number of nitrogens with one attached hydrogen (secondary N) is 2. The number of unbranched alkanes of at least 4 members (excludes halogenated alkanes) is 1. The van der Waals surface area contributed by atoms with Crippen molar-refractivity contribution < 1.29 is 8.42 Å². The average Bonchev–Trinajstić information content (AvgIpc) is 2.67. The summed E-state index contributed by atoms with van der Waals surface area (Å²) in [5.74, 6) is 5.83. The van der Waals surface area contributed by atoms with E-state index in [-0.39, 0.29) is 18.3 Å². The van der Waals surface area contributed by atoms with E-state index in [0.717, 1.165) is 6.42 Å². The summed E-state index contributed by atoms with van der Waals surface area (Å²) in [4.78, 5) is 0. The molecule has 0 aliphatic heterocycles. The normalized spacial score (nSPS) is 12.8. The Hall–Kier alpha value is -2.13. The molecule has 2 N–H and O–H groups in total. The van der Waals surface area contributed by atoms with Gasteiger partial charge in [-0.25, -0.2) is 13.1 Å². The molecule has 0 spiro atoms. The number of hydrogen-bond donors (Lipinski definition) is 2. The van der Waals surface area contributed by atoms with Crippen molar-refractivity contribution >= 4 is 20.8 Å². The SMILES string of the molecule is CCCCS(=O)(=O)NCC#CC=CCN[C@H](C)c1cccc2ccccc12. The maximum atomic E-state index is 11.6. The lowest BCUT2D eigenvalue weighted by molar-refractivity contribution is 0.582. The summed E-state index contributed by atoms with van der Waals surface area (Å²) >= 11 is 0. The number of allylic oxidation sites excluding steroid dienone is 1. The predicted octanol–water partition coefficient (Wildman–Crippen LogP) is 3.77. The van der Waals surface area contributed by atoms with Crippen molar-refractivity contribution in [2.45, 2.75) is 32.7 Å². The van der Waals surface area contributed by atoms with E-state index in [4.69, 9.17) is 0 Å². The largest absolute Gasteiger partial charge is 0.307 e. The Morgan fingerprint density at radius 1 is 1.15 bits per heavy atom. The van der Waals surface area contributed by atoms with Crippen LogP contribution in [0.4, 0.5) is 0 Å². The average molecular weight is 385 g/mol. The number of benzene rings is 2. The standard InChI is InChI=1S/C22H28N2O2S/c1-3-4-18-27(25,26)24-17-10-6-5-9-16-23-19(2)21-15-11-13-20-12-7-8-14-22(20)21/h5,7-9,11-15,19,23-24H,3-4,16-18H2,1-2H3/t19-/m1/s1. The van der Waals surface area contributed by atoms with E-state index >= 15 is 0 Å². The van der Waals surface area contributed by atoms with Gasteiger partial charge in [-0.1, -0.05) is 73.7 Å². The zero-order valence-corrected chi connectivity index (χ0v) is 16.9. The molecule has 27 heavy (non-hydrogen) atoms. The molecule has 0 amide bonds. The van der Waals surface area contributed by atoms with Gasteiger partial charge in [-0.05, 0) is 35.8 Å². The summed E-state index contributed by atoms with van der Waals surface area (Å²) in [6.07, 6.45) is 5.23. The molecule has 4 nitrogen and oxygen atoms in total. The summed E-state index contributed by atoms with van der Waals surface area (Å²) in [6.45, 7) is 4.96. The molecule has 0 bridgehead atoms. The highest BCUT2D eigenvalue weighted by molar-refractivity contribution is 7.89. The van der Waals surface area contributed by atoms with Crippen LogP contribution in [0.5, 0.6) is 0 Å². The van der Waals surface area contributed by atoms with Crippen molar-refractivity contribution in [1.82, 2.24) is 10.0 Å². The van der Waals surface area contributed by atoms with Gasteiger partial charge < -0.3 is 5.32 Å². The molecular weight excluding hydrogens is 356 g/mol. The fraction of sp³-hybridized carbons (Fsp3) is 0.364. The maximum Gasteiger partial charge on any atom is 0.212 e. The van der Waals surface area contributed by atoms with Crippen molar-refractivity contribution in [2.75, 3.05) is 18.8 Å². The van der Waals surface area contributed by atoms with Crippen molar-refractivity contribution in [3.05, 3.63) is 60.2 Å². The zero-order valence-electron chi connectivity index (χ0n) is 16.0. The van der Waals surface area contributed by atoms with Gasteiger partial charge in [0.2, 0.25) is 10.0 Å². The molecule has 2 aromatic rings. The van der Waals surface area contributed by atoms with Crippen LogP contribution in [0.3, 0.4) is 0 Å².